The third kappa shape index (κ3) is 3.01. The molecule has 0 atom stereocenters. The molecule has 0 spiro atoms. The highest BCUT2D eigenvalue weighted by Gasteiger charge is 2.16. The highest BCUT2D eigenvalue weighted by molar-refractivity contribution is 6.09. The van der Waals surface area contributed by atoms with Crippen molar-refractivity contribution in [2.24, 2.45) is 0 Å². The Hall–Kier alpha value is -2.88. The minimum atomic E-state index is -0.476. The molecule has 2 aromatic carbocycles. The van der Waals surface area contributed by atoms with E-state index in [9.17, 15) is 9.59 Å². The molecule has 116 valence electrons. The average molecular weight is 307 g/mol. The molecular weight excluding hydrogens is 290 g/mol. The van der Waals surface area contributed by atoms with Gasteiger partial charge in [-0.15, -0.1) is 0 Å². The number of rotatable bonds is 4. The molecule has 0 bridgehead atoms. The molecule has 0 radical (unpaired) electrons. The first kappa shape index (κ1) is 15.0. The maximum Gasteiger partial charge on any atom is 0.338 e. The SMILES string of the molecule is Cc1ccc(C(=O)OCC(=O)c2c[nH]c3ccccc23)c(C)c1. The van der Waals surface area contributed by atoms with Crippen molar-refractivity contribution in [3.05, 3.63) is 70.9 Å². The Kier molecular flexibility index (Phi) is 3.98. The molecule has 3 rings (SSSR count). The Morgan fingerprint density at radius 3 is 2.61 bits per heavy atom. The molecule has 0 unspecified atom stereocenters. The summed E-state index contributed by atoms with van der Waals surface area (Å²) in [7, 11) is 0. The van der Waals surface area contributed by atoms with Crippen molar-refractivity contribution in [2.75, 3.05) is 6.61 Å². The summed E-state index contributed by atoms with van der Waals surface area (Å²) < 4.78 is 5.18. The van der Waals surface area contributed by atoms with Crippen molar-refractivity contribution in [3.63, 3.8) is 0 Å². The van der Waals surface area contributed by atoms with Gasteiger partial charge in [0.25, 0.3) is 0 Å². The van der Waals surface area contributed by atoms with Gasteiger partial charge < -0.3 is 9.72 Å². The normalized spacial score (nSPS) is 10.7. The van der Waals surface area contributed by atoms with Gasteiger partial charge in [0.2, 0.25) is 5.78 Å². The number of para-hydroxylation sites is 1. The Balaban J connectivity index is 1.72. The van der Waals surface area contributed by atoms with Gasteiger partial charge in [0.1, 0.15) is 0 Å². The van der Waals surface area contributed by atoms with E-state index in [0.717, 1.165) is 22.0 Å². The van der Waals surface area contributed by atoms with Gasteiger partial charge >= 0.3 is 5.97 Å². The van der Waals surface area contributed by atoms with E-state index >= 15 is 0 Å². The summed E-state index contributed by atoms with van der Waals surface area (Å²) in [5.41, 5.74) is 3.83. The zero-order chi connectivity index (χ0) is 16.4. The van der Waals surface area contributed by atoms with Gasteiger partial charge in [0, 0.05) is 22.7 Å². The van der Waals surface area contributed by atoms with Gasteiger partial charge in [-0.2, -0.15) is 0 Å². The van der Waals surface area contributed by atoms with Crippen LogP contribution in [0.1, 0.15) is 31.8 Å². The van der Waals surface area contributed by atoms with E-state index in [1.165, 1.54) is 0 Å². The van der Waals surface area contributed by atoms with E-state index in [1.807, 2.05) is 50.2 Å². The molecule has 0 aliphatic rings. The minimum absolute atomic E-state index is 0.222. The highest BCUT2D eigenvalue weighted by Crippen LogP contribution is 2.18. The van der Waals surface area contributed by atoms with Gasteiger partial charge in [0.15, 0.2) is 6.61 Å². The zero-order valence-electron chi connectivity index (χ0n) is 13.1. The van der Waals surface area contributed by atoms with Crippen LogP contribution >= 0.6 is 0 Å². The van der Waals surface area contributed by atoms with Crippen LogP contribution in [0.2, 0.25) is 0 Å². The monoisotopic (exact) mass is 307 g/mol. The maximum absolute atomic E-state index is 12.3. The first-order chi connectivity index (χ1) is 11.1. The number of ether oxygens (including phenoxy) is 1. The molecule has 4 heteroatoms. The van der Waals surface area contributed by atoms with Gasteiger partial charge in [-0.1, -0.05) is 35.9 Å². The second-order valence-electron chi connectivity index (χ2n) is 5.57. The molecule has 3 aromatic rings. The van der Waals surface area contributed by atoms with Crippen molar-refractivity contribution < 1.29 is 14.3 Å². The highest BCUT2D eigenvalue weighted by atomic mass is 16.5. The number of hydrogen-bond acceptors (Lipinski definition) is 3. The molecule has 1 heterocycles. The number of Topliss-reactive ketones (excluding diaryl/α,β-unsaturated/α-hetero) is 1. The number of aromatic nitrogens is 1. The number of esters is 1. The standard InChI is InChI=1S/C19H17NO3/c1-12-7-8-14(13(2)9-12)19(22)23-11-18(21)16-10-20-17-6-4-3-5-15(16)17/h3-10,20H,11H2,1-2H3. The third-order valence-electron chi connectivity index (χ3n) is 3.83. The van der Waals surface area contributed by atoms with Crippen LogP contribution < -0.4 is 0 Å². The lowest BCUT2D eigenvalue weighted by Crippen LogP contribution is -2.15. The van der Waals surface area contributed by atoms with Crippen LogP contribution in [0, 0.1) is 13.8 Å². The fourth-order valence-corrected chi connectivity index (χ4v) is 2.63. The van der Waals surface area contributed by atoms with Gasteiger partial charge in [0.05, 0.1) is 5.56 Å². The van der Waals surface area contributed by atoms with Crippen molar-refractivity contribution in [1.29, 1.82) is 0 Å². The van der Waals surface area contributed by atoms with E-state index in [-0.39, 0.29) is 12.4 Å². The first-order valence-electron chi connectivity index (χ1n) is 7.40. The Labute approximate surface area is 134 Å². The zero-order valence-corrected chi connectivity index (χ0v) is 13.1. The molecule has 0 aliphatic heterocycles. The molecule has 0 fully saturated rings. The lowest BCUT2D eigenvalue weighted by molar-refractivity contribution is 0.0474. The second-order valence-corrected chi connectivity index (χ2v) is 5.57. The topological polar surface area (TPSA) is 59.2 Å². The fourth-order valence-electron chi connectivity index (χ4n) is 2.63. The third-order valence-corrected chi connectivity index (χ3v) is 3.83. The number of H-pyrrole nitrogens is 1. The van der Waals surface area contributed by atoms with E-state index in [4.69, 9.17) is 4.74 Å². The number of ketones is 1. The Morgan fingerprint density at radius 2 is 1.83 bits per heavy atom. The maximum atomic E-state index is 12.3. The molecule has 0 aliphatic carbocycles. The lowest BCUT2D eigenvalue weighted by atomic mass is 10.1. The lowest BCUT2D eigenvalue weighted by Gasteiger charge is -2.07. The summed E-state index contributed by atoms with van der Waals surface area (Å²) in [6.07, 6.45) is 1.65. The predicted octanol–water partition coefficient (Wildman–Crippen LogP) is 3.82. The second kappa shape index (κ2) is 6.08. The quantitative estimate of drug-likeness (QED) is 0.589. The van der Waals surface area contributed by atoms with Crippen molar-refractivity contribution >= 4 is 22.7 Å². The Morgan fingerprint density at radius 1 is 1.04 bits per heavy atom. The number of carbonyl (C=O) groups excluding carboxylic acids is 2. The fraction of sp³-hybridized carbons (Fsp3) is 0.158. The van der Waals surface area contributed by atoms with E-state index < -0.39 is 5.97 Å². The molecule has 1 N–H and O–H groups in total. The number of fused-ring (bicyclic) bond motifs is 1. The molecule has 1 aromatic heterocycles. The van der Waals surface area contributed by atoms with E-state index in [0.29, 0.717) is 11.1 Å². The average Bonchev–Trinajstić information content (AvgIpc) is 2.96. The van der Waals surface area contributed by atoms with Gasteiger partial charge in [-0.25, -0.2) is 4.79 Å². The summed E-state index contributed by atoms with van der Waals surface area (Å²) in [6.45, 7) is 3.54. The summed E-state index contributed by atoms with van der Waals surface area (Å²) >= 11 is 0. The van der Waals surface area contributed by atoms with Crippen LogP contribution in [-0.2, 0) is 4.74 Å². The van der Waals surface area contributed by atoms with Crippen molar-refractivity contribution in [3.8, 4) is 0 Å². The van der Waals surface area contributed by atoms with Crippen LogP contribution in [0.4, 0.5) is 0 Å². The van der Waals surface area contributed by atoms with Crippen LogP contribution in [0.5, 0.6) is 0 Å². The number of aryl methyl sites for hydroxylation is 2. The Bertz CT molecular complexity index is 893. The van der Waals surface area contributed by atoms with E-state index in [1.54, 1.807) is 12.3 Å². The van der Waals surface area contributed by atoms with Gasteiger partial charge in [-0.3, -0.25) is 4.79 Å². The molecular formula is C19H17NO3. The summed E-state index contributed by atoms with van der Waals surface area (Å²) in [4.78, 5) is 27.5. The largest absolute Gasteiger partial charge is 0.454 e. The summed E-state index contributed by atoms with van der Waals surface area (Å²) in [6, 6.07) is 13.0. The van der Waals surface area contributed by atoms with E-state index in [2.05, 4.69) is 4.98 Å². The van der Waals surface area contributed by atoms with Crippen LogP contribution in [-0.4, -0.2) is 23.3 Å². The molecule has 0 saturated carbocycles. The molecule has 23 heavy (non-hydrogen) atoms. The predicted molar refractivity (Wildman–Crippen MR) is 88.8 cm³/mol. The smallest absolute Gasteiger partial charge is 0.338 e. The first-order valence-corrected chi connectivity index (χ1v) is 7.40. The van der Waals surface area contributed by atoms with Gasteiger partial charge in [-0.05, 0) is 31.5 Å². The summed E-state index contributed by atoms with van der Waals surface area (Å²) in [5.74, 6) is -0.698. The van der Waals surface area contributed by atoms with Crippen LogP contribution in [0.25, 0.3) is 10.9 Å². The minimum Gasteiger partial charge on any atom is -0.454 e. The number of carbonyl (C=O) groups is 2. The number of aromatic amines is 1. The van der Waals surface area contributed by atoms with Crippen molar-refractivity contribution in [2.45, 2.75) is 13.8 Å². The van der Waals surface area contributed by atoms with Crippen molar-refractivity contribution in [1.82, 2.24) is 4.98 Å². The van der Waals surface area contributed by atoms with Crippen LogP contribution in [0.3, 0.4) is 0 Å². The molecule has 4 nitrogen and oxygen atoms in total. The number of hydrogen-bond donors (Lipinski definition) is 1. The van der Waals surface area contributed by atoms with Crippen LogP contribution in [0.15, 0.2) is 48.7 Å². The molecule has 0 saturated heterocycles. The summed E-state index contributed by atoms with van der Waals surface area (Å²) in [5, 5.41) is 0.833. The number of nitrogens with one attached hydrogen (secondary N) is 1. The molecule has 0 amide bonds. The number of benzene rings is 2.